The first kappa shape index (κ1) is 25.6. The number of hydrogen-bond donors (Lipinski definition) is 6. The third kappa shape index (κ3) is 6.68. The van der Waals surface area contributed by atoms with Crippen LogP contribution < -0.4 is 5.69 Å². The smallest absolute Gasteiger partial charge is 0.390 e. The number of hydrogen-bond acceptors (Lipinski definition) is 10. The van der Waals surface area contributed by atoms with Crippen molar-refractivity contribution in [1.29, 1.82) is 0 Å². The lowest BCUT2D eigenvalue weighted by Crippen LogP contribution is -2.31. The molecule has 15 nitrogen and oxygen atoms in total. The van der Waals surface area contributed by atoms with Crippen molar-refractivity contribution in [2.45, 2.75) is 25.4 Å². The van der Waals surface area contributed by atoms with Crippen LogP contribution in [0.15, 0.2) is 11.0 Å². The standard InChI is InChI=1S/C10H16FN2O13P3S/c1-4-7(14)6(24-9(4)13-2-5(11)8(30)12-10(13)15)3-23-28(19,20)26-29(21,22)25-27(16,17)18/h2,4,6-7,9,14H,3H2,1H3,(H,19,20)(H,21,22)(H,12,15,30)(H2,16,17,18)/t4?,6-,7-,9-/m1/s1. The Morgan fingerprint density at radius 3 is 2.40 bits per heavy atom. The zero-order valence-electron chi connectivity index (χ0n) is 14.7. The Morgan fingerprint density at radius 1 is 1.23 bits per heavy atom. The number of phosphoric ester groups is 1. The molecule has 30 heavy (non-hydrogen) atoms. The molecule has 2 rings (SSSR count). The Balaban J connectivity index is 2.09. The number of aliphatic hydroxyl groups excluding tert-OH is 1. The molecule has 6 atom stereocenters. The molecule has 3 unspecified atom stereocenters. The van der Waals surface area contributed by atoms with E-state index in [0.717, 1.165) is 10.8 Å². The molecule has 6 N–H and O–H groups in total. The molecule has 0 aliphatic carbocycles. The van der Waals surface area contributed by atoms with E-state index in [1.807, 2.05) is 4.98 Å². The number of nitrogens with one attached hydrogen (secondary N) is 1. The number of phosphoric acid groups is 3. The van der Waals surface area contributed by atoms with Gasteiger partial charge in [0.1, 0.15) is 17.0 Å². The number of aromatic nitrogens is 2. The zero-order chi connectivity index (χ0) is 23.1. The highest BCUT2D eigenvalue weighted by Crippen LogP contribution is 2.66. The summed E-state index contributed by atoms with van der Waals surface area (Å²) in [5.74, 6) is -1.81. The monoisotopic (exact) mass is 516 g/mol. The summed E-state index contributed by atoms with van der Waals surface area (Å²) < 4.78 is 64.4. The van der Waals surface area contributed by atoms with Crippen molar-refractivity contribution in [2.75, 3.05) is 6.61 Å². The number of H-pyrrole nitrogens is 1. The number of aliphatic hydroxyl groups is 1. The van der Waals surface area contributed by atoms with Gasteiger partial charge in [-0.05, 0) is 0 Å². The SMILES string of the molecule is CC1[C@@H](O)[C@@H](COP(=O)(O)OP(=O)(O)OP(=O)(O)O)O[C@H]1n1cc(F)c(=S)[nH]c1=O. The quantitative estimate of drug-likeness (QED) is 0.202. The Morgan fingerprint density at radius 2 is 1.83 bits per heavy atom. The van der Waals surface area contributed by atoms with Gasteiger partial charge in [-0.2, -0.15) is 8.62 Å². The van der Waals surface area contributed by atoms with Gasteiger partial charge in [0.15, 0.2) is 5.82 Å². The fourth-order valence-electron chi connectivity index (χ4n) is 2.47. The van der Waals surface area contributed by atoms with Crippen molar-refractivity contribution in [2.24, 2.45) is 5.92 Å². The molecular weight excluding hydrogens is 500 g/mol. The summed E-state index contributed by atoms with van der Waals surface area (Å²) in [7, 11) is -16.7. The maximum atomic E-state index is 13.7. The molecule has 1 aromatic rings. The summed E-state index contributed by atoms with van der Waals surface area (Å²) in [5.41, 5.74) is -0.862. The maximum absolute atomic E-state index is 13.7. The van der Waals surface area contributed by atoms with Crippen molar-refractivity contribution in [3.8, 4) is 0 Å². The molecule has 1 aliphatic heterocycles. The first-order chi connectivity index (χ1) is 13.5. The van der Waals surface area contributed by atoms with E-state index in [9.17, 15) is 32.9 Å². The summed E-state index contributed by atoms with van der Waals surface area (Å²) in [6, 6.07) is 0. The predicted octanol–water partition coefficient (Wildman–Crippen LogP) is 0.283. The van der Waals surface area contributed by atoms with E-state index in [-0.39, 0.29) is 0 Å². The normalized spacial score (nSPS) is 28.8. The minimum Gasteiger partial charge on any atom is -0.390 e. The Hall–Kier alpha value is -0.640. The average molecular weight is 516 g/mol. The van der Waals surface area contributed by atoms with Crippen LogP contribution in [0.2, 0.25) is 0 Å². The highest BCUT2D eigenvalue weighted by atomic mass is 32.1. The third-order valence-corrected chi connectivity index (χ3v) is 7.80. The number of halogens is 1. The van der Waals surface area contributed by atoms with Gasteiger partial charge in [-0.25, -0.2) is 22.9 Å². The van der Waals surface area contributed by atoms with Crippen LogP contribution in [-0.4, -0.2) is 53.0 Å². The van der Waals surface area contributed by atoms with E-state index in [1.165, 1.54) is 6.92 Å². The number of rotatable bonds is 8. The van der Waals surface area contributed by atoms with Crippen LogP contribution in [-0.2, 0) is 31.6 Å². The van der Waals surface area contributed by atoms with Crippen LogP contribution in [0.3, 0.4) is 0 Å². The summed E-state index contributed by atoms with van der Waals surface area (Å²) in [6.45, 7) is 0.470. The second-order valence-corrected chi connectivity index (χ2v) is 10.8. The minimum absolute atomic E-state index is 0.452. The summed E-state index contributed by atoms with van der Waals surface area (Å²) in [4.78, 5) is 49.5. The molecule has 0 radical (unpaired) electrons. The van der Waals surface area contributed by atoms with Gasteiger partial charge in [0.2, 0.25) is 0 Å². The van der Waals surface area contributed by atoms with Crippen molar-refractivity contribution in [3.63, 3.8) is 0 Å². The summed E-state index contributed by atoms with van der Waals surface area (Å²) >= 11 is 4.58. The first-order valence-corrected chi connectivity index (χ1v) is 12.6. The van der Waals surface area contributed by atoms with Crippen LogP contribution in [0.5, 0.6) is 0 Å². The number of aromatic amines is 1. The lowest BCUT2D eigenvalue weighted by Gasteiger charge is -2.19. The Bertz CT molecular complexity index is 1050. The van der Waals surface area contributed by atoms with Gasteiger partial charge in [0.25, 0.3) is 0 Å². The van der Waals surface area contributed by atoms with Gasteiger partial charge in [-0.1, -0.05) is 19.1 Å². The van der Waals surface area contributed by atoms with Crippen molar-refractivity contribution in [1.82, 2.24) is 9.55 Å². The molecule has 0 spiro atoms. The second kappa shape index (κ2) is 9.08. The van der Waals surface area contributed by atoms with Gasteiger partial charge in [0, 0.05) is 5.92 Å². The van der Waals surface area contributed by atoms with Crippen LogP contribution in [0.1, 0.15) is 13.2 Å². The topological polar surface area (TPSA) is 227 Å². The second-order valence-electron chi connectivity index (χ2n) is 5.95. The zero-order valence-corrected chi connectivity index (χ0v) is 18.2. The molecule has 1 aromatic heterocycles. The van der Waals surface area contributed by atoms with Crippen molar-refractivity contribution in [3.05, 3.63) is 27.1 Å². The van der Waals surface area contributed by atoms with Gasteiger partial charge in [0.05, 0.1) is 18.9 Å². The van der Waals surface area contributed by atoms with E-state index in [4.69, 9.17) is 19.4 Å². The highest BCUT2D eigenvalue weighted by molar-refractivity contribution is 7.71. The van der Waals surface area contributed by atoms with Gasteiger partial charge >= 0.3 is 29.2 Å². The van der Waals surface area contributed by atoms with Gasteiger partial charge in [-0.15, -0.1) is 0 Å². The Kier molecular flexibility index (Phi) is 7.75. The Labute approximate surface area is 171 Å². The van der Waals surface area contributed by atoms with Crippen LogP contribution in [0.25, 0.3) is 0 Å². The summed E-state index contributed by atoms with van der Waals surface area (Å²) in [6.07, 6.45) is -3.32. The fourth-order valence-corrected chi connectivity index (χ4v) is 5.64. The average Bonchev–Trinajstić information content (AvgIpc) is 2.81. The predicted molar refractivity (Wildman–Crippen MR) is 94.7 cm³/mol. The maximum Gasteiger partial charge on any atom is 0.490 e. The third-order valence-electron chi connectivity index (χ3n) is 3.70. The molecule has 2 heterocycles. The van der Waals surface area contributed by atoms with E-state index in [2.05, 4.69) is 25.4 Å². The number of ether oxygens (including phenoxy) is 1. The van der Waals surface area contributed by atoms with Gasteiger partial charge in [-0.3, -0.25) is 14.1 Å². The van der Waals surface area contributed by atoms with E-state index in [0.29, 0.717) is 0 Å². The van der Waals surface area contributed by atoms with Crippen LogP contribution in [0.4, 0.5) is 4.39 Å². The highest BCUT2D eigenvalue weighted by Gasteiger charge is 2.45. The molecule has 0 amide bonds. The molecule has 20 heteroatoms. The minimum atomic E-state index is -5.71. The molecule has 0 saturated carbocycles. The molecule has 1 aliphatic rings. The van der Waals surface area contributed by atoms with Crippen LogP contribution >= 0.6 is 35.7 Å². The number of nitrogens with zero attached hydrogens (tertiary/aromatic N) is 1. The van der Waals surface area contributed by atoms with E-state index < -0.39 is 70.6 Å². The largest absolute Gasteiger partial charge is 0.490 e. The lowest BCUT2D eigenvalue weighted by atomic mass is 10.0. The lowest BCUT2D eigenvalue weighted by molar-refractivity contribution is -0.0470. The summed E-state index contributed by atoms with van der Waals surface area (Å²) in [5, 5.41) is 10.2. The molecular formula is C10H16FN2O13P3S. The van der Waals surface area contributed by atoms with E-state index >= 15 is 0 Å². The molecule has 1 saturated heterocycles. The van der Waals surface area contributed by atoms with Crippen LogP contribution in [0, 0.1) is 16.4 Å². The van der Waals surface area contributed by atoms with Crippen molar-refractivity contribution < 1.29 is 60.6 Å². The van der Waals surface area contributed by atoms with Crippen molar-refractivity contribution >= 4 is 35.7 Å². The molecule has 0 bridgehead atoms. The first-order valence-electron chi connectivity index (χ1n) is 7.64. The fraction of sp³-hybridized carbons (Fsp3) is 0.600. The van der Waals surface area contributed by atoms with E-state index in [1.54, 1.807) is 0 Å². The van der Waals surface area contributed by atoms with Gasteiger partial charge < -0.3 is 29.4 Å². The molecule has 1 fully saturated rings. The molecule has 0 aromatic carbocycles. The molecule has 172 valence electrons.